The standard InChI is InChI=1S/C7H19O3P3/c1-11(2,8)6-13(5,10)7-12(3,4)9/h6-7H2,1-5H3. The molecule has 13 heavy (non-hydrogen) atoms. The van der Waals surface area contributed by atoms with Crippen LogP contribution in [0.1, 0.15) is 0 Å². The maximum atomic E-state index is 11.9. The highest BCUT2D eigenvalue weighted by Gasteiger charge is 2.27. The van der Waals surface area contributed by atoms with Gasteiger partial charge < -0.3 is 13.7 Å². The minimum absolute atomic E-state index is 0.242. The quantitative estimate of drug-likeness (QED) is 0.714. The van der Waals surface area contributed by atoms with Crippen LogP contribution in [0.15, 0.2) is 0 Å². The summed E-state index contributed by atoms with van der Waals surface area (Å²) in [6, 6.07) is 0. The summed E-state index contributed by atoms with van der Waals surface area (Å²) in [5.41, 5.74) is 0. The predicted octanol–water partition coefficient (Wildman–Crippen LogP) is 3.14. The van der Waals surface area contributed by atoms with Crippen molar-refractivity contribution < 1.29 is 13.7 Å². The van der Waals surface area contributed by atoms with Gasteiger partial charge in [0.2, 0.25) is 0 Å². The summed E-state index contributed by atoms with van der Waals surface area (Å²) in [6.45, 7) is 8.10. The zero-order valence-electron chi connectivity index (χ0n) is 8.98. The molecule has 0 fully saturated rings. The lowest BCUT2D eigenvalue weighted by Crippen LogP contribution is -1.94. The Balaban J connectivity index is 4.54. The second-order valence-corrected chi connectivity index (χ2v) is 15.9. The smallest absolute Gasteiger partial charge is 0.0988 e. The summed E-state index contributed by atoms with van der Waals surface area (Å²) in [7, 11) is -6.98. The number of hydrogen-bond donors (Lipinski definition) is 0. The molecule has 0 aromatic heterocycles. The Kier molecular flexibility index (Phi) is 4.27. The van der Waals surface area contributed by atoms with Crippen molar-refractivity contribution in [3.8, 4) is 0 Å². The molecule has 0 aliphatic heterocycles. The Hall–Kier alpha value is 0.690. The first-order valence-electron chi connectivity index (χ1n) is 4.05. The van der Waals surface area contributed by atoms with Gasteiger partial charge in [-0.15, -0.1) is 0 Å². The fourth-order valence-electron chi connectivity index (χ4n) is 1.49. The van der Waals surface area contributed by atoms with Crippen molar-refractivity contribution in [3.05, 3.63) is 0 Å². The van der Waals surface area contributed by atoms with Gasteiger partial charge in [0.1, 0.15) is 0 Å². The Morgan fingerprint density at radius 3 is 1.08 bits per heavy atom. The summed E-state index contributed by atoms with van der Waals surface area (Å²) in [4.78, 5) is 0. The van der Waals surface area contributed by atoms with Gasteiger partial charge in [-0.05, 0) is 33.3 Å². The molecule has 80 valence electrons. The topological polar surface area (TPSA) is 51.2 Å². The molecule has 0 heterocycles. The molecule has 0 saturated carbocycles. The molecular weight excluding hydrogens is 225 g/mol. The SMILES string of the molecule is CP(C)(=O)CP(C)(=O)CP(C)(C)=O. The Labute approximate surface area is 80.8 Å². The minimum atomic E-state index is -2.46. The summed E-state index contributed by atoms with van der Waals surface area (Å²) < 4.78 is 34.8. The molecule has 0 spiro atoms. The van der Waals surface area contributed by atoms with Crippen LogP contribution >= 0.6 is 21.4 Å². The molecule has 0 aromatic rings. The first kappa shape index (κ1) is 13.7. The Morgan fingerprint density at radius 1 is 0.692 bits per heavy atom. The fourth-order valence-corrected chi connectivity index (χ4v) is 14.2. The Bertz CT molecular complexity index is 281. The highest BCUT2D eigenvalue weighted by molar-refractivity contribution is 7.86. The molecule has 0 N–H and O–H groups in total. The lowest BCUT2D eigenvalue weighted by Gasteiger charge is -2.17. The molecule has 3 nitrogen and oxygen atoms in total. The van der Waals surface area contributed by atoms with E-state index in [0.29, 0.717) is 0 Å². The van der Waals surface area contributed by atoms with Crippen LogP contribution in [0.25, 0.3) is 0 Å². The molecule has 0 aromatic carbocycles. The van der Waals surface area contributed by atoms with Crippen LogP contribution in [-0.4, -0.2) is 45.1 Å². The van der Waals surface area contributed by atoms with Crippen LogP contribution in [0.3, 0.4) is 0 Å². The van der Waals surface area contributed by atoms with E-state index < -0.39 is 21.4 Å². The zero-order valence-corrected chi connectivity index (χ0v) is 11.7. The molecule has 6 heteroatoms. The average molecular weight is 244 g/mol. The minimum Gasteiger partial charge on any atom is -0.324 e. The highest BCUT2D eigenvalue weighted by atomic mass is 31.2. The van der Waals surface area contributed by atoms with Crippen LogP contribution in [0.5, 0.6) is 0 Å². The molecule has 0 aliphatic carbocycles. The van der Waals surface area contributed by atoms with E-state index >= 15 is 0 Å². The van der Waals surface area contributed by atoms with Gasteiger partial charge in [-0.2, -0.15) is 0 Å². The van der Waals surface area contributed by atoms with Crippen molar-refractivity contribution in [1.29, 1.82) is 0 Å². The molecule has 0 bridgehead atoms. The van der Waals surface area contributed by atoms with Crippen LogP contribution in [0, 0.1) is 0 Å². The monoisotopic (exact) mass is 244 g/mol. The van der Waals surface area contributed by atoms with Crippen molar-refractivity contribution >= 4 is 21.4 Å². The van der Waals surface area contributed by atoms with Crippen LogP contribution < -0.4 is 0 Å². The number of hydrogen-bond acceptors (Lipinski definition) is 3. The van der Waals surface area contributed by atoms with E-state index in [-0.39, 0.29) is 11.8 Å². The van der Waals surface area contributed by atoms with E-state index in [1.54, 1.807) is 33.3 Å². The lowest BCUT2D eigenvalue weighted by molar-refractivity contribution is 0.573. The van der Waals surface area contributed by atoms with Gasteiger partial charge in [-0.25, -0.2) is 0 Å². The molecule has 0 radical (unpaired) electrons. The molecule has 0 saturated heterocycles. The molecular formula is C7H19O3P3. The van der Waals surface area contributed by atoms with Gasteiger partial charge in [0.05, 0.1) is 33.2 Å². The first-order chi connectivity index (χ1) is 5.41. The average Bonchev–Trinajstić information content (AvgIpc) is 1.43. The van der Waals surface area contributed by atoms with Crippen molar-refractivity contribution in [2.75, 3.05) is 45.1 Å². The van der Waals surface area contributed by atoms with Gasteiger partial charge in [-0.3, -0.25) is 0 Å². The molecule has 0 rings (SSSR count). The van der Waals surface area contributed by atoms with Gasteiger partial charge >= 0.3 is 0 Å². The summed E-state index contributed by atoms with van der Waals surface area (Å²) in [6.07, 6.45) is 0. The third-order valence-corrected chi connectivity index (χ3v) is 11.5. The largest absolute Gasteiger partial charge is 0.324 e. The highest BCUT2D eigenvalue weighted by Crippen LogP contribution is 2.62. The van der Waals surface area contributed by atoms with Crippen molar-refractivity contribution in [1.82, 2.24) is 0 Å². The maximum Gasteiger partial charge on any atom is 0.0988 e. The van der Waals surface area contributed by atoms with E-state index in [0.717, 1.165) is 0 Å². The summed E-state index contributed by atoms with van der Waals surface area (Å²) in [5.74, 6) is 0.483. The fraction of sp³-hybridized carbons (Fsp3) is 1.00. The predicted molar refractivity (Wildman–Crippen MR) is 62.2 cm³/mol. The van der Waals surface area contributed by atoms with Gasteiger partial charge in [-0.1, -0.05) is 0 Å². The van der Waals surface area contributed by atoms with E-state index in [9.17, 15) is 13.7 Å². The third kappa shape index (κ3) is 9.01. The molecule has 0 atom stereocenters. The van der Waals surface area contributed by atoms with Crippen molar-refractivity contribution in [3.63, 3.8) is 0 Å². The third-order valence-electron chi connectivity index (χ3n) is 1.28. The van der Waals surface area contributed by atoms with E-state index in [1.165, 1.54) is 0 Å². The molecule has 0 unspecified atom stereocenters. The van der Waals surface area contributed by atoms with Crippen LogP contribution in [0.4, 0.5) is 0 Å². The van der Waals surface area contributed by atoms with Gasteiger partial charge in [0.15, 0.2) is 0 Å². The van der Waals surface area contributed by atoms with Gasteiger partial charge in [0.25, 0.3) is 0 Å². The summed E-state index contributed by atoms with van der Waals surface area (Å²) in [5, 5.41) is 0. The lowest BCUT2D eigenvalue weighted by atomic mass is 11.8. The normalized spacial score (nSPS) is 14.5. The van der Waals surface area contributed by atoms with Crippen LogP contribution in [0.2, 0.25) is 0 Å². The molecule has 0 aliphatic rings. The number of rotatable bonds is 4. The first-order valence-corrected chi connectivity index (χ1v) is 12.1. The second kappa shape index (κ2) is 4.05. The zero-order chi connectivity index (χ0) is 10.9. The maximum absolute atomic E-state index is 11.9. The summed E-state index contributed by atoms with van der Waals surface area (Å²) >= 11 is 0. The molecule has 0 amide bonds. The Morgan fingerprint density at radius 2 is 0.923 bits per heavy atom. The van der Waals surface area contributed by atoms with E-state index in [4.69, 9.17) is 0 Å². The van der Waals surface area contributed by atoms with Crippen LogP contribution in [-0.2, 0) is 13.7 Å². The second-order valence-electron chi connectivity index (χ2n) is 4.73. The van der Waals surface area contributed by atoms with E-state index in [2.05, 4.69) is 0 Å². The van der Waals surface area contributed by atoms with E-state index in [1.807, 2.05) is 0 Å². The van der Waals surface area contributed by atoms with Gasteiger partial charge in [0, 0.05) is 0 Å². The van der Waals surface area contributed by atoms with Crippen molar-refractivity contribution in [2.45, 2.75) is 0 Å². The van der Waals surface area contributed by atoms with Crippen molar-refractivity contribution in [2.24, 2.45) is 0 Å².